The quantitative estimate of drug-likeness (QED) is 0.651. The van der Waals surface area contributed by atoms with Crippen LogP contribution in [0.3, 0.4) is 0 Å². The lowest BCUT2D eigenvalue weighted by Gasteiger charge is -2.09. The first-order valence-electron chi connectivity index (χ1n) is 6.51. The average Bonchev–Trinajstić information content (AvgIpc) is 2.51. The van der Waals surface area contributed by atoms with Crippen LogP contribution in [0, 0.1) is 5.82 Å². The zero-order chi connectivity index (χ0) is 15.9. The Labute approximate surface area is 132 Å². The van der Waals surface area contributed by atoms with Crippen molar-refractivity contribution in [3.63, 3.8) is 0 Å². The summed E-state index contributed by atoms with van der Waals surface area (Å²) < 4.78 is 12.9. The van der Waals surface area contributed by atoms with Gasteiger partial charge in [0.15, 0.2) is 0 Å². The minimum atomic E-state index is -0.904. The largest absolute Gasteiger partial charge is 0.350 e. The monoisotopic (exact) mass is 318 g/mol. The maximum absolute atomic E-state index is 12.9. The number of rotatable bonds is 5. The predicted molar refractivity (Wildman–Crippen MR) is 84.1 cm³/mol. The van der Waals surface area contributed by atoms with Crippen LogP contribution in [0.1, 0.15) is 5.56 Å². The smallest absolute Gasteiger partial charge is 0.338 e. The highest BCUT2D eigenvalue weighted by Gasteiger charge is 2.04. The maximum Gasteiger partial charge on any atom is 0.338 e. The van der Waals surface area contributed by atoms with Crippen LogP contribution in [0.4, 0.5) is 9.18 Å². The van der Waals surface area contributed by atoms with Crippen LogP contribution in [-0.4, -0.2) is 22.8 Å². The SMILES string of the molecule is NC(=O)N(O)CC=Cc1ccccc1Sc1ccc(F)cc1. The number of nitrogens with two attached hydrogens (primary N) is 1. The first kappa shape index (κ1) is 16.1. The molecule has 4 nitrogen and oxygen atoms in total. The van der Waals surface area contributed by atoms with Gasteiger partial charge in [0, 0.05) is 9.79 Å². The lowest BCUT2D eigenvalue weighted by atomic mass is 10.2. The molecule has 0 atom stereocenters. The van der Waals surface area contributed by atoms with Gasteiger partial charge in [-0.05, 0) is 35.9 Å². The second kappa shape index (κ2) is 7.63. The number of carbonyl (C=O) groups is 1. The molecule has 2 aromatic rings. The normalized spacial score (nSPS) is 10.8. The van der Waals surface area contributed by atoms with Crippen molar-refractivity contribution in [2.75, 3.05) is 6.54 Å². The number of benzene rings is 2. The Balaban J connectivity index is 2.11. The van der Waals surface area contributed by atoms with E-state index in [9.17, 15) is 14.4 Å². The Morgan fingerprint density at radius 2 is 1.91 bits per heavy atom. The summed E-state index contributed by atoms with van der Waals surface area (Å²) in [4.78, 5) is 12.6. The molecule has 0 bridgehead atoms. The van der Waals surface area contributed by atoms with Crippen molar-refractivity contribution in [3.8, 4) is 0 Å². The molecule has 114 valence electrons. The molecule has 0 spiro atoms. The van der Waals surface area contributed by atoms with E-state index in [2.05, 4.69) is 0 Å². The molecular weight excluding hydrogens is 303 g/mol. The molecule has 0 saturated carbocycles. The third kappa shape index (κ3) is 4.61. The maximum atomic E-state index is 12.9. The summed E-state index contributed by atoms with van der Waals surface area (Å²) in [5.41, 5.74) is 5.85. The van der Waals surface area contributed by atoms with E-state index in [0.717, 1.165) is 15.4 Å². The number of carbonyl (C=O) groups excluding carboxylic acids is 1. The van der Waals surface area contributed by atoms with E-state index >= 15 is 0 Å². The van der Waals surface area contributed by atoms with Crippen molar-refractivity contribution in [2.45, 2.75) is 9.79 Å². The Hall–Kier alpha value is -2.31. The van der Waals surface area contributed by atoms with Gasteiger partial charge in [-0.25, -0.2) is 14.2 Å². The van der Waals surface area contributed by atoms with Crippen molar-refractivity contribution in [1.82, 2.24) is 5.06 Å². The number of nitrogens with zero attached hydrogens (tertiary/aromatic N) is 1. The molecule has 0 aliphatic rings. The van der Waals surface area contributed by atoms with E-state index in [-0.39, 0.29) is 12.4 Å². The Morgan fingerprint density at radius 3 is 2.59 bits per heavy atom. The number of hydrogen-bond acceptors (Lipinski definition) is 3. The third-order valence-electron chi connectivity index (χ3n) is 2.79. The van der Waals surface area contributed by atoms with Gasteiger partial charge in [0.2, 0.25) is 0 Å². The van der Waals surface area contributed by atoms with E-state index in [1.54, 1.807) is 24.3 Å². The number of urea groups is 1. The molecule has 2 aromatic carbocycles. The summed E-state index contributed by atoms with van der Waals surface area (Å²) in [7, 11) is 0. The Morgan fingerprint density at radius 1 is 1.23 bits per heavy atom. The molecule has 6 heteroatoms. The van der Waals surface area contributed by atoms with Gasteiger partial charge in [0.05, 0.1) is 6.54 Å². The molecular formula is C16H15FN2O2S. The van der Waals surface area contributed by atoms with Crippen molar-refractivity contribution >= 4 is 23.9 Å². The van der Waals surface area contributed by atoms with E-state index in [1.807, 2.05) is 24.3 Å². The highest BCUT2D eigenvalue weighted by Crippen LogP contribution is 2.31. The standard InChI is InChI=1S/C16H15FN2O2S/c17-13-7-9-14(10-8-13)22-15-6-2-1-4-12(15)5-3-11-19(21)16(18)20/h1-10,21H,11H2,(H2,18,20). The van der Waals surface area contributed by atoms with Gasteiger partial charge in [-0.1, -0.05) is 42.1 Å². The number of hydrogen-bond donors (Lipinski definition) is 2. The lowest BCUT2D eigenvalue weighted by molar-refractivity contribution is -0.0286. The van der Waals surface area contributed by atoms with Gasteiger partial charge in [0.1, 0.15) is 5.82 Å². The van der Waals surface area contributed by atoms with E-state index < -0.39 is 6.03 Å². The topological polar surface area (TPSA) is 66.6 Å². The molecule has 3 N–H and O–H groups in total. The van der Waals surface area contributed by atoms with E-state index in [0.29, 0.717) is 5.06 Å². The summed E-state index contributed by atoms with van der Waals surface area (Å²) in [6, 6.07) is 13.0. The zero-order valence-electron chi connectivity index (χ0n) is 11.6. The van der Waals surface area contributed by atoms with E-state index in [4.69, 9.17) is 5.73 Å². The second-order valence-corrected chi connectivity index (χ2v) is 5.53. The molecule has 0 aliphatic carbocycles. The highest BCUT2D eigenvalue weighted by atomic mass is 32.2. The summed E-state index contributed by atoms with van der Waals surface area (Å²) in [6.45, 7) is 0.00484. The molecule has 0 aliphatic heterocycles. The second-order valence-electron chi connectivity index (χ2n) is 4.42. The minimum absolute atomic E-state index is 0.00484. The van der Waals surface area contributed by atoms with Gasteiger partial charge in [-0.2, -0.15) is 0 Å². The molecule has 0 fully saturated rings. The predicted octanol–water partition coefficient (Wildman–Crippen LogP) is 3.76. The van der Waals surface area contributed by atoms with Crippen LogP contribution in [0.15, 0.2) is 64.4 Å². The van der Waals surface area contributed by atoms with Gasteiger partial charge >= 0.3 is 6.03 Å². The van der Waals surface area contributed by atoms with Gasteiger partial charge in [-0.15, -0.1) is 0 Å². The molecule has 0 heterocycles. The summed E-state index contributed by atoms with van der Waals surface area (Å²) in [5, 5.41) is 9.62. The number of hydroxylamine groups is 2. The fraction of sp³-hybridized carbons (Fsp3) is 0.0625. The van der Waals surface area contributed by atoms with Crippen LogP contribution in [0.25, 0.3) is 6.08 Å². The zero-order valence-corrected chi connectivity index (χ0v) is 12.5. The molecule has 22 heavy (non-hydrogen) atoms. The number of primary amides is 1. The van der Waals surface area contributed by atoms with E-state index in [1.165, 1.54) is 23.9 Å². The molecule has 0 radical (unpaired) electrons. The molecule has 0 saturated heterocycles. The van der Waals surface area contributed by atoms with Crippen molar-refractivity contribution < 1.29 is 14.4 Å². The summed E-state index contributed by atoms with van der Waals surface area (Å²) >= 11 is 1.50. The molecule has 2 amide bonds. The minimum Gasteiger partial charge on any atom is -0.350 e. The highest BCUT2D eigenvalue weighted by molar-refractivity contribution is 7.99. The van der Waals surface area contributed by atoms with Crippen LogP contribution in [0.5, 0.6) is 0 Å². The fourth-order valence-corrected chi connectivity index (χ4v) is 2.64. The summed E-state index contributed by atoms with van der Waals surface area (Å²) in [6.07, 6.45) is 3.42. The molecule has 2 rings (SSSR count). The van der Waals surface area contributed by atoms with Crippen LogP contribution < -0.4 is 5.73 Å². The van der Waals surface area contributed by atoms with Crippen molar-refractivity contribution in [1.29, 1.82) is 0 Å². The summed E-state index contributed by atoms with van der Waals surface area (Å²) in [5.74, 6) is -0.271. The first-order chi connectivity index (χ1) is 10.6. The van der Waals surface area contributed by atoms with Gasteiger partial charge in [0.25, 0.3) is 0 Å². The van der Waals surface area contributed by atoms with Gasteiger partial charge in [-0.3, -0.25) is 5.21 Å². The fourth-order valence-electron chi connectivity index (χ4n) is 1.71. The third-order valence-corrected chi connectivity index (χ3v) is 3.89. The number of halogens is 1. The van der Waals surface area contributed by atoms with Crippen LogP contribution in [-0.2, 0) is 0 Å². The Bertz CT molecular complexity index is 674. The Kier molecular flexibility index (Phi) is 5.57. The van der Waals surface area contributed by atoms with Crippen molar-refractivity contribution in [3.05, 3.63) is 66.0 Å². The lowest BCUT2D eigenvalue weighted by Crippen LogP contribution is -2.32. The number of amides is 2. The molecule has 0 unspecified atom stereocenters. The van der Waals surface area contributed by atoms with Crippen molar-refractivity contribution in [2.24, 2.45) is 5.73 Å². The molecule has 0 aromatic heterocycles. The van der Waals surface area contributed by atoms with Crippen LogP contribution in [0.2, 0.25) is 0 Å². The van der Waals surface area contributed by atoms with Crippen LogP contribution >= 0.6 is 11.8 Å². The van der Waals surface area contributed by atoms with Gasteiger partial charge < -0.3 is 5.73 Å². The average molecular weight is 318 g/mol. The first-order valence-corrected chi connectivity index (χ1v) is 7.33.